The quantitative estimate of drug-likeness (QED) is 0.493. The highest BCUT2D eigenvalue weighted by atomic mass is 19.1. The van der Waals surface area contributed by atoms with E-state index in [4.69, 9.17) is 10.5 Å². The first-order valence-corrected chi connectivity index (χ1v) is 9.99. The van der Waals surface area contributed by atoms with Crippen LogP contribution in [0.15, 0.2) is 71.4 Å². The summed E-state index contributed by atoms with van der Waals surface area (Å²) in [4.78, 5) is 28.6. The molecule has 3 rings (SSSR count). The Kier molecular flexibility index (Phi) is 6.89. The summed E-state index contributed by atoms with van der Waals surface area (Å²) in [5, 5.41) is 8.88. The maximum atomic E-state index is 13.3. The SMILES string of the molecule is C/C=C(/C(=O)NC)C1=C(/C(=C/CC)Nc2ccc(F)cn2)Oc2cccc(C(N)=O)c2N1. The van der Waals surface area contributed by atoms with E-state index >= 15 is 0 Å². The Morgan fingerprint density at radius 1 is 1.28 bits per heavy atom. The van der Waals surface area contributed by atoms with Crippen LogP contribution in [0.2, 0.25) is 0 Å². The van der Waals surface area contributed by atoms with Gasteiger partial charge in [0, 0.05) is 7.05 Å². The number of para-hydroxylation sites is 1. The number of fused-ring (bicyclic) bond motifs is 1. The standard InChI is InChI=1S/C23H24FN5O3/c1-4-7-16(28-18-11-10-13(24)12-27-18)21-20(14(5-2)23(31)26-3)29-19-15(22(25)30)8-6-9-17(19)32-21/h5-12,29H,4H2,1-3H3,(H2,25,30)(H,26,31)(H,27,28)/b14-5+,16-7-. The second-order valence-electron chi connectivity index (χ2n) is 6.77. The maximum Gasteiger partial charge on any atom is 0.252 e. The fourth-order valence-electron chi connectivity index (χ4n) is 3.19. The van der Waals surface area contributed by atoms with Crippen LogP contribution in [0.3, 0.4) is 0 Å². The van der Waals surface area contributed by atoms with Gasteiger partial charge >= 0.3 is 0 Å². The van der Waals surface area contributed by atoms with Crippen LogP contribution in [-0.4, -0.2) is 23.8 Å². The first kappa shape index (κ1) is 22.5. The molecule has 0 aliphatic carbocycles. The van der Waals surface area contributed by atoms with Gasteiger partial charge in [-0.3, -0.25) is 9.59 Å². The van der Waals surface area contributed by atoms with E-state index in [1.807, 2.05) is 13.0 Å². The first-order valence-electron chi connectivity index (χ1n) is 9.99. The van der Waals surface area contributed by atoms with Gasteiger partial charge in [0.2, 0.25) is 0 Å². The third-order valence-electron chi connectivity index (χ3n) is 4.65. The molecule has 0 radical (unpaired) electrons. The van der Waals surface area contributed by atoms with E-state index in [0.717, 1.165) is 6.20 Å². The monoisotopic (exact) mass is 437 g/mol. The topological polar surface area (TPSA) is 118 Å². The van der Waals surface area contributed by atoms with Crippen LogP contribution in [0.4, 0.5) is 15.9 Å². The molecule has 1 aromatic carbocycles. The van der Waals surface area contributed by atoms with Crippen LogP contribution in [0.5, 0.6) is 5.75 Å². The van der Waals surface area contributed by atoms with Crippen LogP contribution >= 0.6 is 0 Å². The lowest BCUT2D eigenvalue weighted by Gasteiger charge is -2.28. The van der Waals surface area contributed by atoms with E-state index < -0.39 is 11.7 Å². The molecule has 32 heavy (non-hydrogen) atoms. The number of halogens is 1. The third-order valence-corrected chi connectivity index (χ3v) is 4.65. The summed E-state index contributed by atoms with van der Waals surface area (Å²) in [5.41, 5.74) is 7.25. The van der Waals surface area contributed by atoms with Crippen LogP contribution in [0.25, 0.3) is 0 Å². The summed E-state index contributed by atoms with van der Waals surface area (Å²) in [7, 11) is 1.52. The van der Waals surface area contributed by atoms with E-state index in [1.165, 1.54) is 19.2 Å². The molecule has 0 saturated heterocycles. The second-order valence-corrected chi connectivity index (χ2v) is 6.77. The van der Waals surface area contributed by atoms with E-state index in [-0.39, 0.29) is 11.5 Å². The number of aromatic nitrogens is 1. The Bertz CT molecular complexity index is 1140. The van der Waals surface area contributed by atoms with E-state index in [0.29, 0.717) is 46.4 Å². The molecule has 1 aliphatic rings. The highest BCUT2D eigenvalue weighted by Gasteiger charge is 2.29. The first-order chi connectivity index (χ1) is 15.4. The summed E-state index contributed by atoms with van der Waals surface area (Å²) in [6, 6.07) is 7.67. The molecular weight excluding hydrogens is 413 g/mol. The fraction of sp³-hybridized carbons (Fsp3) is 0.174. The Morgan fingerprint density at radius 3 is 2.66 bits per heavy atom. The molecule has 166 valence electrons. The van der Waals surface area contributed by atoms with E-state index in [1.54, 1.807) is 31.2 Å². The number of benzene rings is 1. The molecule has 1 aliphatic heterocycles. The Hall–Kier alpha value is -4.14. The van der Waals surface area contributed by atoms with Crippen molar-refractivity contribution in [3.8, 4) is 5.75 Å². The third kappa shape index (κ3) is 4.61. The Balaban J connectivity index is 2.17. The van der Waals surface area contributed by atoms with Crippen molar-refractivity contribution in [1.82, 2.24) is 10.3 Å². The number of carbonyl (C=O) groups excluding carboxylic acids is 2. The summed E-state index contributed by atoms with van der Waals surface area (Å²) >= 11 is 0. The zero-order chi connectivity index (χ0) is 23.3. The lowest BCUT2D eigenvalue weighted by Crippen LogP contribution is -2.29. The van der Waals surface area contributed by atoms with Crippen molar-refractivity contribution in [3.05, 3.63) is 82.8 Å². The minimum Gasteiger partial charge on any atom is -0.451 e. The number of nitrogens with one attached hydrogen (secondary N) is 3. The summed E-state index contributed by atoms with van der Waals surface area (Å²) in [6.07, 6.45) is 5.20. The number of anilines is 2. The van der Waals surface area contributed by atoms with Gasteiger partial charge in [-0.15, -0.1) is 0 Å². The number of ether oxygens (including phenoxy) is 1. The molecule has 2 aromatic rings. The van der Waals surface area contributed by atoms with Gasteiger partial charge in [-0.1, -0.05) is 25.1 Å². The highest BCUT2D eigenvalue weighted by Crippen LogP contribution is 2.39. The molecule has 0 bridgehead atoms. The van der Waals surface area contributed by atoms with Crippen molar-refractivity contribution in [2.24, 2.45) is 5.73 Å². The number of nitrogens with two attached hydrogens (primary N) is 1. The highest BCUT2D eigenvalue weighted by molar-refractivity contribution is 6.03. The van der Waals surface area contributed by atoms with Crippen molar-refractivity contribution in [3.63, 3.8) is 0 Å². The van der Waals surface area contributed by atoms with Gasteiger partial charge in [0.25, 0.3) is 11.8 Å². The summed E-state index contributed by atoms with van der Waals surface area (Å²) in [6.45, 7) is 3.65. The molecule has 8 nitrogen and oxygen atoms in total. The lowest BCUT2D eigenvalue weighted by molar-refractivity contribution is -0.116. The smallest absolute Gasteiger partial charge is 0.252 e. The normalized spacial score (nSPS) is 13.6. The molecule has 9 heteroatoms. The molecule has 0 saturated carbocycles. The molecule has 5 N–H and O–H groups in total. The van der Waals surface area contributed by atoms with Crippen LogP contribution in [0, 0.1) is 5.82 Å². The number of nitrogens with zero attached hydrogens (tertiary/aromatic N) is 1. The lowest BCUT2D eigenvalue weighted by atomic mass is 10.0. The minimum atomic E-state index is -0.638. The zero-order valence-corrected chi connectivity index (χ0v) is 18.0. The van der Waals surface area contributed by atoms with Crippen LogP contribution < -0.4 is 26.4 Å². The van der Waals surface area contributed by atoms with E-state index in [9.17, 15) is 14.0 Å². The second kappa shape index (κ2) is 9.78. The van der Waals surface area contributed by atoms with Crippen molar-refractivity contribution < 1.29 is 18.7 Å². The number of allylic oxidation sites excluding steroid dienone is 2. The Labute approximate surface area is 185 Å². The Morgan fingerprint density at radius 2 is 2.06 bits per heavy atom. The van der Waals surface area contributed by atoms with Gasteiger partial charge in [0.15, 0.2) is 11.5 Å². The molecule has 2 heterocycles. The van der Waals surface area contributed by atoms with Crippen molar-refractivity contribution in [2.75, 3.05) is 17.7 Å². The largest absolute Gasteiger partial charge is 0.451 e. The molecule has 0 atom stereocenters. The fourth-order valence-corrected chi connectivity index (χ4v) is 3.19. The minimum absolute atomic E-state index is 0.223. The van der Waals surface area contributed by atoms with Gasteiger partial charge in [-0.05, 0) is 37.6 Å². The summed E-state index contributed by atoms with van der Waals surface area (Å²) < 4.78 is 19.5. The van der Waals surface area contributed by atoms with Crippen molar-refractivity contribution >= 4 is 23.3 Å². The maximum absolute atomic E-state index is 13.3. The average Bonchev–Trinajstić information content (AvgIpc) is 2.79. The number of pyridine rings is 1. The predicted octanol–water partition coefficient (Wildman–Crippen LogP) is 3.43. The van der Waals surface area contributed by atoms with Gasteiger partial charge < -0.3 is 26.4 Å². The number of hydrogen-bond donors (Lipinski definition) is 4. The number of primary amides is 1. The average molecular weight is 437 g/mol. The summed E-state index contributed by atoms with van der Waals surface area (Å²) in [5.74, 6) is -0.393. The number of amides is 2. The number of likely N-dealkylation sites (N-methyl/N-ethyl adjacent to an activating group) is 1. The van der Waals surface area contributed by atoms with Gasteiger partial charge in [0.1, 0.15) is 11.6 Å². The van der Waals surface area contributed by atoms with Crippen molar-refractivity contribution in [2.45, 2.75) is 20.3 Å². The van der Waals surface area contributed by atoms with Gasteiger partial charge in [-0.2, -0.15) is 0 Å². The molecule has 0 spiro atoms. The van der Waals surface area contributed by atoms with Gasteiger partial charge in [-0.25, -0.2) is 9.37 Å². The number of rotatable bonds is 7. The zero-order valence-electron chi connectivity index (χ0n) is 18.0. The van der Waals surface area contributed by atoms with Crippen LogP contribution in [-0.2, 0) is 4.79 Å². The molecular formula is C23H24FN5O3. The van der Waals surface area contributed by atoms with Gasteiger partial charge in [0.05, 0.1) is 34.4 Å². The van der Waals surface area contributed by atoms with E-state index in [2.05, 4.69) is 20.9 Å². The molecule has 1 aromatic heterocycles. The molecule has 0 unspecified atom stereocenters. The molecule has 0 fully saturated rings. The number of carbonyl (C=O) groups is 2. The molecule has 2 amide bonds. The van der Waals surface area contributed by atoms with Crippen molar-refractivity contribution in [1.29, 1.82) is 0 Å². The predicted molar refractivity (Wildman–Crippen MR) is 120 cm³/mol. The van der Waals surface area contributed by atoms with Crippen LogP contribution in [0.1, 0.15) is 30.6 Å². The number of hydrogen-bond acceptors (Lipinski definition) is 6.